The minimum Gasteiger partial charge on any atom is -0.317 e. The third kappa shape index (κ3) is 5.91. The van der Waals surface area contributed by atoms with Crippen LogP contribution in [0.4, 0.5) is 18.9 Å². The normalized spacial score (nSPS) is 12.2. The lowest BCUT2D eigenvalue weighted by atomic mass is 10.1. The summed E-state index contributed by atoms with van der Waals surface area (Å²) >= 11 is 0. The van der Waals surface area contributed by atoms with Gasteiger partial charge in [-0.2, -0.15) is 18.3 Å². The van der Waals surface area contributed by atoms with Crippen LogP contribution in [0.2, 0.25) is 0 Å². The molecule has 1 amide bonds. The summed E-state index contributed by atoms with van der Waals surface area (Å²) < 4.78 is 67.5. The fourth-order valence-electron chi connectivity index (χ4n) is 3.76. The van der Waals surface area contributed by atoms with Crippen LogP contribution < -0.4 is 9.73 Å². The van der Waals surface area contributed by atoms with Gasteiger partial charge in [0.05, 0.1) is 29.4 Å². The fourth-order valence-corrected chi connectivity index (χ4v) is 4.68. The first-order valence-corrected chi connectivity index (χ1v) is 12.4. The molecule has 7 nitrogen and oxygen atoms in total. The summed E-state index contributed by atoms with van der Waals surface area (Å²) in [6.07, 6.45) is -2.21. The Morgan fingerprint density at radius 2 is 1.71 bits per heavy atom. The lowest BCUT2D eigenvalue weighted by Crippen LogP contribution is -2.39. The number of sulfonamides is 1. The molecule has 35 heavy (non-hydrogen) atoms. The van der Waals surface area contributed by atoms with Crippen LogP contribution in [0.25, 0.3) is 5.69 Å². The van der Waals surface area contributed by atoms with Crippen molar-refractivity contribution < 1.29 is 26.4 Å². The highest BCUT2D eigenvalue weighted by Gasteiger charge is 2.34. The molecule has 0 aliphatic heterocycles. The number of amides is 1. The lowest BCUT2D eigenvalue weighted by molar-refractivity contribution is -0.137. The van der Waals surface area contributed by atoms with Gasteiger partial charge in [0.15, 0.2) is 0 Å². The van der Waals surface area contributed by atoms with E-state index in [4.69, 9.17) is 0 Å². The van der Waals surface area contributed by atoms with Gasteiger partial charge in [-0.25, -0.2) is 13.8 Å². The number of para-hydroxylation sites is 2. The maximum atomic E-state index is 13.5. The van der Waals surface area contributed by atoms with Crippen molar-refractivity contribution in [1.29, 1.82) is 0 Å². The number of benzene rings is 2. The number of aryl methyl sites for hydroxylation is 2. The van der Waals surface area contributed by atoms with Crippen molar-refractivity contribution >= 4 is 27.8 Å². The number of hydrogen-bond acceptors (Lipinski definition) is 4. The molecule has 0 atom stereocenters. The molecule has 0 aliphatic rings. The number of carbonyl (C=O) groups is 1. The predicted molar refractivity (Wildman–Crippen MR) is 129 cm³/mol. The first-order valence-electron chi connectivity index (χ1n) is 10.5. The van der Waals surface area contributed by atoms with Gasteiger partial charge in [-0.3, -0.25) is 9.10 Å². The van der Waals surface area contributed by atoms with Crippen LogP contribution in [0.3, 0.4) is 0 Å². The summed E-state index contributed by atoms with van der Waals surface area (Å²) in [5, 5.41) is 3.89. The van der Waals surface area contributed by atoms with Crippen LogP contribution in [-0.4, -0.2) is 37.9 Å². The second-order valence-electron chi connectivity index (χ2n) is 8.03. The van der Waals surface area contributed by atoms with E-state index in [9.17, 15) is 26.4 Å². The zero-order valence-electron chi connectivity index (χ0n) is 19.6. The van der Waals surface area contributed by atoms with Crippen molar-refractivity contribution in [2.75, 3.05) is 17.1 Å². The second kappa shape index (κ2) is 9.95. The van der Waals surface area contributed by atoms with E-state index in [1.807, 2.05) is 0 Å². The standard InChI is InChI=1S/C24H25F3N4O3S/c1-16-9-5-7-11-21(16)30(35(4,33)34)15-23(32)29-28-14-19-13-17(2)31(18(19)3)22-12-8-6-10-20(22)24(25,26)27/h5-14H,15H2,1-4H3,(H,29,32)/b28-14-. The molecule has 11 heteroatoms. The number of carbonyl (C=O) groups excluding carboxylic acids is 1. The van der Waals surface area contributed by atoms with Gasteiger partial charge < -0.3 is 4.57 Å². The van der Waals surface area contributed by atoms with E-state index in [0.29, 0.717) is 28.2 Å². The third-order valence-corrected chi connectivity index (χ3v) is 6.51. The molecule has 1 heterocycles. The van der Waals surface area contributed by atoms with Crippen molar-refractivity contribution in [3.8, 4) is 5.69 Å². The number of aromatic nitrogens is 1. The Morgan fingerprint density at radius 3 is 2.34 bits per heavy atom. The molecule has 0 saturated heterocycles. The Kier molecular flexibility index (Phi) is 7.39. The summed E-state index contributed by atoms with van der Waals surface area (Å²) in [7, 11) is -3.74. The second-order valence-corrected chi connectivity index (χ2v) is 9.93. The van der Waals surface area contributed by atoms with Crippen LogP contribution in [-0.2, 0) is 21.0 Å². The third-order valence-electron chi connectivity index (χ3n) is 5.39. The van der Waals surface area contributed by atoms with Crippen molar-refractivity contribution in [1.82, 2.24) is 9.99 Å². The predicted octanol–water partition coefficient (Wildman–Crippen LogP) is 4.34. The van der Waals surface area contributed by atoms with Gasteiger partial charge in [-0.1, -0.05) is 30.3 Å². The SMILES string of the molecule is Cc1ccccc1N(CC(=O)N/N=C\c1cc(C)n(-c2ccccc2C(F)(F)F)c1C)S(C)(=O)=O. The average molecular weight is 507 g/mol. The minimum atomic E-state index is -4.52. The van der Waals surface area contributed by atoms with Crippen LogP contribution in [0.5, 0.6) is 0 Å². The van der Waals surface area contributed by atoms with E-state index >= 15 is 0 Å². The molecule has 0 unspecified atom stereocenters. The molecule has 0 aliphatic carbocycles. The summed E-state index contributed by atoms with van der Waals surface area (Å²) in [5.41, 5.74) is 4.11. The van der Waals surface area contributed by atoms with Gasteiger partial charge in [-0.15, -0.1) is 0 Å². The quantitative estimate of drug-likeness (QED) is 0.382. The van der Waals surface area contributed by atoms with E-state index in [-0.39, 0.29) is 5.69 Å². The van der Waals surface area contributed by atoms with Crippen LogP contribution >= 0.6 is 0 Å². The number of hydrazone groups is 1. The van der Waals surface area contributed by atoms with Crippen molar-refractivity contribution in [2.45, 2.75) is 26.9 Å². The highest BCUT2D eigenvalue weighted by Crippen LogP contribution is 2.35. The molecule has 0 radical (unpaired) electrons. The summed E-state index contributed by atoms with van der Waals surface area (Å²) in [6.45, 7) is 4.56. The molecule has 0 bridgehead atoms. The Balaban J connectivity index is 1.81. The smallest absolute Gasteiger partial charge is 0.317 e. The van der Waals surface area contributed by atoms with Gasteiger partial charge >= 0.3 is 6.18 Å². The van der Waals surface area contributed by atoms with Crippen molar-refractivity contribution in [2.24, 2.45) is 5.10 Å². The van der Waals surface area contributed by atoms with Crippen molar-refractivity contribution in [3.63, 3.8) is 0 Å². The monoisotopic (exact) mass is 506 g/mol. The van der Waals surface area contributed by atoms with Gasteiger partial charge in [0.25, 0.3) is 5.91 Å². The molecule has 0 spiro atoms. The maximum Gasteiger partial charge on any atom is 0.418 e. The minimum absolute atomic E-state index is 0.0132. The van der Waals surface area contributed by atoms with E-state index in [2.05, 4.69) is 10.5 Å². The van der Waals surface area contributed by atoms with E-state index < -0.39 is 34.2 Å². The Hall–Kier alpha value is -3.60. The van der Waals surface area contributed by atoms with Gasteiger partial charge in [0.2, 0.25) is 10.0 Å². The first-order chi connectivity index (χ1) is 16.3. The largest absolute Gasteiger partial charge is 0.418 e. The molecule has 1 N–H and O–H groups in total. The maximum absolute atomic E-state index is 13.5. The van der Waals surface area contributed by atoms with Gasteiger partial charge in [0.1, 0.15) is 6.54 Å². The number of nitrogens with zero attached hydrogens (tertiary/aromatic N) is 3. The zero-order valence-corrected chi connectivity index (χ0v) is 20.4. The van der Waals surface area contributed by atoms with E-state index in [1.165, 1.54) is 29.0 Å². The Morgan fingerprint density at radius 1 is 1.09 bits per heavy atom. The van der Waals surface area contributed by atoms with Gasteiger partial charge in [0, 0.05) is 17.0 Å². The summed E-state index contributed by atoms with van der Waals surface area (Å²) in [6, 6.07) is 13.7. The van der Waals surface area contributed by atoms with E-state index in [1.54, 1.807) is 51.1 Å². The van der Waals surface area contributed by atoms with Gasteiger partial charge in [-0.05, 0) is 50.6 Å². The zero-order chi connectivity index (χ0) is 26.0. The number of halogens is 3. The fraction of sp³-hybridized carbons (Fsp3) is 0.250. The lowest BCUT2D eigenvalue weighted by Gasteiger charge is -2.23. The molecule has 0 fully saturated rings. The van der Waals surface area contributed by atoms with Crippen LogP contribution in [0.15, 0.2) is 59.7 Å². The molecular formula is C24H25F3N4O3S. The molecule has 2 aromatic carbocycles. The highest BCUT2D eigenvalue weighted by atomic mass is 32.2. The Bertz CT molecular complexity index is 1380. The first kappa shape index (κ1) is 26.0. The van der Waals surface area contributed by atoms with Crippen molar-refractivity contribution in [3.05, 3.63) is 82.7 Å². The molecule has 3 aromatic rings. The van der Waals surface area contributed by atoms with E-state index in [0.717, 1.165) is 16.6 Å². The van der Waals surface area contributed by atoms with Crippen LogP contribution in [0, 0.1) is 20.8 Å². The topological polar surface area (TPSA) is 83.8 Å². The molecule has 0 saturated carbocycles. The highest BCUT2D eigenvalue weighted by molar-refractivity contribution is 7.92. The number of rotatable bonds is 7. The number of nitrogens with one attached hydrogen (secondary N) is 1. The molecular weight excluding hydrogens is 481 g/mol. The number of anilines is 1. The molecule has 1 aromatic heterocycles. The molecule has 3 rings (SSSR count). The number of alkyl halides is 3. The Labute approximate surface area is 201 Å². The molecule has 186 valence electrons. The van der Waals surface area contributed by atoms with Crippen LogP contribution in [0.1, 0.15) is 28.1 Å². The average Bonchev–Trinajstić information content (AvgIpc) is 3.04. The summed E-state index contributed by atoms with van der Waals surface area (Å²) in [5.74, 6) is -0.675. The summed E-state index contributed by atoms with van der Waals surface area (Å²) in [4.78, 5) is 12.4. The number of hydrogen-bond donors (Lipinski definition) is 1.